The van der Waals surface area contributed by atoms with Crippen molar-refractivity contribution in [3.63, 3.8) is 0 Å². The highest BCUT2D eigenvalue weighted by molar-refractivity contribution is 7.18. The van der Waals surface area contributed by atoms with Gasteiger partial charge in [-0.3, -0.25) is 9.36 Å². The number of hydrogen-bond donors (Lipinski definition) is 0. The van der Waals surface area contributed by atoms with Crippen molar-refractivity contribution in [2.75, 3.05) is 0 Å². The molecule has 0 bridgehead atoms. The standard InChI is InChI=1S/C15H20N2O3S/c1-6-8(2)20-15(19)10(4)17-11(5)16-13-12(14(17)18)7-9(3)21-13/h7-8,10H,6H2,1-5H3. The minimum atomic E-state index is -0.677. The molecular weight excluding hydrogens is 288 g/mol. The fourth-order valence-electron chi connectivity index (χ4n) is 2.16. The molecule has 2 heterocycles. The molecule has 0 aromatic carbocycles. The maximum atomic E-state index is 12.6. The van der Waals surface area contributed by atoms with E-state index >= 15 is 0 Å². The maximum Gasteiger partial charge on any atom is 0.329 e. The van der Waals surface area contributed by atoms with Crippen molar-refractivity contribution in [3.8, 4) is 0 Å². The van der Waals surface area contributed by atoms with Crippen LogP contribution in [0.2, 0.25) is 0 Å². The van der Waals surface area contributed by atoms with Crippen LogP contribution in [0, 0.1) is 13.8 Å². The first-order valence-electron chi connectivity index (χ1n) is 7.05. The van der Waals surface area contributed by atoms with Crippen LogP contribution >= 0.6 is 11.3 Å². The summed E-state index contributed by atoms with van der Waals surface area (Å²) in [5.74, 6) is 0.130. The Labute approximate surface area is 127 Å². The predicted octanol–water partition coefficient (Wildman–Crippen LogP) is 2.98. The average molecular weight is 308 g/mol. The molecule has 0 aliphatic rings. The molecule has 0 fully saturated rings. The van der Waals surface area contributed by atoms with E-state index in [9.17, 15) is 9.59 Å². The fraction of sp³-hybridized carbons (Fsp3) is 0.533. The summed E-state index contributed by atoms with van der Waals surface area (Å²) in [6.45, 7) is 9.13. The largest absolute Gasteiger partial charge is 0.461 e. The minimum absolute atomic E-state index is 0.156. The van der Waals surface area contributed by atoms with Gasteiger partial charge in [-0.2, -0.15) is 0 Å². The third kappa shape index (κ3) is 3.00. The summed E-state index contributed by atoms with van der Waals surface area (Å²) < 4.78 is 6.74. The second-order valence-electron chi connectivity index (χ2n) is 5.24. The molecule has 114 valence electrons. The summed E-state index contributed by atoms with van der Waals surface area (Å²) in [7, 11) is 0. The van der Waals surface area contributed by atoms with Crippen LogP contribution in [0.3, 0.4) is 0 Å². The van der Waals surface area contributed by atoms with Crippen molar-refractivity contribution in [1.82, 2.24) is 9.55 Å². The van der Waals surface area contributed by atoms with E-state index in [0.29, 0.717) is 16.0 Å². The van der Waals surface area contributed by atoms with E-state index in [1.54, 1.807) is 13.8 Å². The Morgan fingerprint density at radius 2 is 2.10 bits per heavy atom. The Balaban J connectivity index is 2.45. The second kappa shape index (κ2) is 5.97. The lowest BCUT2D eigenvalue weighted by Gasteiger charge is -2.19. The smallest absolute Gasteiger partial charge is 0.329 e. The second-order valence-corrected chi connectivity index (χ2v) is 6.48. The number of carbonyl (C=O) groups is 1. The number of thiophene rings is 1. The highest BCUT2D eigenvalue weighted by Crippen LogP contribution is 2.22. The van der Waals surface area contributed by atoms with Gasteiger partial charge in [0, 0.05) is 4.88 Å². The van der Waals surface area contributed by atoms with E-state index < -0.39 is 12.0 Å². The van der Waals surface area contributed by atoms with E-state index in [0.717, 1.165) is 11.3 Å². The molecule has 2 aromatic rings. The van der Waals surface area contributed by atoms with Gasteiger partial charge in [0.15, 0.2) is 0 Å². The monoisotopic (exact) mass is 308 g/mol. The summed E-state index contributed by atoms with van der Waals surface area (Å²) in [6, 6.07) is 1.14. The number of fused-ring (bicyclic) bond motifs is 1. The molecule has 2 atom stereocenters. The van der Waals surface area contributed by atoms with Crippen LogP contribution in [0.25, 0.3) is 10.2 Å². The van der Waals surface area contributed by atoms with Crippen LogP contribution in [0.4, 0.5) is 0 Å². The van der Waals surface area contributed by atoms with Crippen molar-refractivity contribution < 1.29 is 9.53 Å². The number of esters is 1. The topological polar surface area (TPSA) is 61.2 Å². The quantitative estimate of drug-likeness (QED) is 0.815. The first kappa shape index (κ1) is 15.7. The van der Waals surface area contributed by atoms with E-state index in [1.165, 1.54) is 15.9 Å². The van der Waals surface area contributed by atoms with Gasteiger partial charge in [-0.15, -0.1) is 11.3 Å². The summed E-state index contributed by atoms with van der Waals surface area (Å²) in [6.07, 6.45) is 0.587. The third-order valence-electron chi connectivity index (χ3n) is 3.52. The first-order valence-corrected chi connectivity index (χ1v) is 7.86. The maximum absolute atomic E-state index is 12.6. The molecular formula is C15H20N2O3S. The van der Waals surface area contributed by atoms with Crippen LogP contribution in [0.15, 0.2) is 10.9 Å². The molecule has 0 N–H and O–H groups in total. The van der Waals surface area contributed by atoms with Crippen molar-refractivity contribution in [2.24, 2.45) is 0 Å². The van der Waals surface area contributed by atoms with Crippen LogP contribution in [0.1, 0.15) is 43.9 Å². The van der Waals surface area contributed by atoms with Gasteiger partial charge in [0.1, 0.15) is 16.7 Å². The Hall–Kier alpha value is -1.69. The normalized spacial score (nSPS) is 14.1. The van der Waals surface area contributed by atoms with Gasteiger partial charge in [-0.1, -0.05) is 6.92 Å². The Bertz CT molecular complexity index is 732. The van der Waals surface area contributed by atoms with Crippen LogP contribution in [0.5, 0.6) is 0 Å². The van der Waals surface area contributed by atoms with Gasteiger partial charge in [-0.25, -0.2) is 9.78 Å². The molecule has 2 aromatic heterocycles. The number of aromatic nitrogens is 2. The number of ether oxygens (including phenoxy) is 1. The highest BCUT2D eigenvalue weighted by Gasteiger charge is 2.23. The summed E-state index contributed by atoms with van der Waals surface area (Å²) in [5.41, 5.74) is -0.185. The van der Waals surface area contributed by atoms with Crippen molar-refractivity contribution >= 4 is 27.5 Å². The number of carbonyl (C=O) groups excluding carboxylic acids is 1. The highest BCUT2D eigenvalue weighted by atomic mass is 32.1. The van der Waals surface area contributed by atoms with Crippen molar-refractivity contribution in [2.45, 2.75) is 53.2 Å². The summed E-state index contributed by atoms with van der Waals surface area (Å²) in [4.78, 5) is 30.9. The van der Waals surface area contributed by atoms with E-state index in [-0.39, 0.29) is 11.7 Å². The Morgan fingerprint density at radius 3 is 2.71 bits per heavy atom. The van der Waals surface area contributed by atoms with Crippen molar-refractivity contribution in [3.05, 3.63) is 27.1 Å². The van der Waals surface area contributed by atoms with Gasteiger partial charge in [0.05, 0.1) is 11.5 Å². The van der Waals surface area contributed by atoms with Gasteiger partial charge in [0.2, 0.25) is 0 Å². The fourth-order valence-corrected chi connectivity index (χ4v) is 3.07. The molecule has 0 saturated heterocycles. The molecule has 2 rings (SSSR count). The third-order valence-corrected chi connectivity index (χ3v) is 4.46. The lowest BCUT2D eigenvalue weighted by atomic mass is 10.2. The average Bonchev–Trinajstić information content (AvgIpc) is 2.79. The van der Waals surface area contributed by atoms with Crippen LogP contribution < -0.4 is 5.56 Å². The van der Waals surface area contributed by atoms with Gasteiger partial charge in [-0.05, 0) is 40.2 Å². The number of hydrogen-bond acceptors (Lipinski definition) is 5. The Kier molecular flexibility index (Phi) is 4.46. The zero-order valence-electron chi connectivity index (χ0n) is 13.0. The van der Waals surface area contributed by atoms with E-state index in [4.69, 9.17) is 4.74 Å². The SMILES string of the molecule is CCC(C)OC(=O)C(C)n1c(C)nc2sc(C)cc2c1=O. The van der Waals surface area contributed by atoms with E-state index in [2.05, 4.69) is 4.98 Å². The molecule has 2 unspecified atom stereocenters. The predicted molar refractivity (Wildman–Crippen MR) is 83.9 cm³/mol. The Morgan fingerprint density at radius 1 is 1.43 bits per heavy atom. The summed E-state index contributed by atoms with van der Waals surface area (Å²) >= 11 is 1.48. The number of rotatable bonds is 4. The molecule has 0 radical (unpaired) electrons. The van der Waals surface area contributed by atoms with Gasteiger partial charge >= 0.3 is 5.97 Å². The molecule has 0 spiro atoms. The lowest BCUT2D eigenvalue weighted by molar-refractivity contribution is -0.152. The number of nitrogens with zero attached hydrogens (tertiary/aromatic N) is 2. The molecule has 21 heavy (non-hydrogen) atoms. The molecule has 0 aliphatic heterocycles. The minimum Gasteiger partial charge on any atom is -0.461 e. The van der Waals surface area contributed by atoms with Crippen LogP contribution in [-0.2, 0) is 9.53 Å². The van der Waals surface area contributed by atoms with Crippen LogP contribution in [-0.4, -0.2) is 21.6 Å². The zero-order chi connectivity index (χ0) is 15.7. The first-order chi connectivity index (χ1) is 9.85. The van der Waals surface area contributed by atoms with Gasteiger partial charge < -0.3 is 4.74 Å². The molecule has 0 amide bonds. The van der Waals surface area contributed by atoms with Crippen molar-refractivity contribution in [1.29, 1.82) is 0 Å². The zero-order valence-corrected chi connectivity index (χ0v) is 13.8. The lowest BCUT2D eigenvalue weighted by Crippen LogP contribution is -2.32. The van der Waals surface area contributed by atoms with Gasteiger partial charge in [0.25, 0.3) is 5.56 Å². The molecule has 6 heteroatoms. The van der Waals surface area contributed by atoms with E-state index in [1.807, 2.05) is 26.8 Å². The molecule has 5 nitrogen and oxygen atoms in total. The number of aryl methyl sites for hydroxylation is 2. The molecule has 0 saturated carbocycles. The molecule has 0 aliphatic carbocycles. The summed E-state index contributed by atoms with van der Waals surface area (Å²) in [5, 5.41) is 0.561.